The monoisotopic (exact) mass is 215 g/mol. The molecule has 0 saturated carbocycles. The van der Waals surface area contributed by atoms with Gasteiger partial charge in [-0.05, 0) is 19.6 Å². The van der Waals surface area contributed by atoms with E-state index in [0.29, 0.717) is 11.2 Å². The molecule has 0 amide bonds. The number of fused-ring (bicyclic) bond motifs is 1. The molecule has 0 aromatic carbocycles. The summed E-state index contributed by atoms with van der Waals surface area (Å²) in [6, 6.07) is 0.416. The molecule has 0 unspecified atom stereocenters. The Balaban J connectivity index is 2.46. The van der Waals surface area contributed by atoms with Gasteiger partial charge >= 0.3 is 0 Å². The molecule has 0 radical (unpaired) electrons. The maximum atomic E-state index is 6.01. The first kappa shape index (κ1) is 9.09. The minimum atomic E-state index is 0.416. The first-order valence-electron chi connectivity index (χ1n) is 4.07. The van der Waals surface area contributed by atoms with E-state index in [4.69, 9.17) is 11.6 Å². The number of rotatable bonds is 1. The summed E-state index contributed by atoms with van der Waals surface area (Å²) in [4.78, 5) is 8.51. The number of nitrogens with one attached hydrogen (secondary N) is 1. The number of aromatic nitrogens is 2. The van der Waals surface area contributed by atoms with Crippen LogP contribution in [0.25, 0.3) is 0 Å². The van der Waals surface area contributed by atoms with Crippen molar-refractivity contribution in [3.8, 4) is 0 Å². The van der Waals surface area contributed by atoms with Gasteiger partial charge in [0.15, 0.2) is 5.16 Å². The second kappa shape index (κ2) is 3.35. The van der Waals surface area contributed by atoms with Gasteiger partial charge in [-0.1, -0.05) is 23.4 Å². The summed E-state index contributed by atoms with van der Waals surface area (Å²) in [5.41, 5.74) is 1.05. The standard InChI is InChI=1S/C8H10ClN3S/c1-4-3-5-6(9)11-8(13-2)12-7(5)10-4/h4H,3H2,1-2H3,(H,10,11,12)/t4-/m1/s1. The molecule has 0 saturated heterocycles. The van der Waals surface area contributed by atoms with E-state index in [-0.39, 0.29) is 0 Å². The molecular formula is C8H10ClN3S. The van der Waals surface area contributed by atoms with Crippen LogP contribution in [0.2, 0.25) is 5.15 Å². The van der Waals surface area contributed by atoms with E-state index in [1.165, 1.54) is 11.8 Å². The van der Waals surface area contributed by atoms with E-state index in [0.717, 1.165) is 23.0 Å². The Hall–Kier alpha value is -0.480. The van der Waals surface area contributed by atoms with Gasteiger partial charge in [0.2, 0.25) is 0 Å². The Labute approximate surface area is 86.3 Å². The number of hydrogen-bond acceptors (Lipinski definition) is 4. The third-order valence-corrected chi connectivity index (χ3v) is 2.87. The zero-order valence-electron chi connectivity index (χ0n) is 7.47. The predicted octanol–water partition coefficient (Wildman–Crippen LogP) is 2.21. The van der Waals surface area contributed by atoms with Crippen LogP contribution in [-0.2, 0) is 6.42 Å². The van der Waals surface area contributed by atoms with Gasteiger partial charge in [0.1, 0.15) is 11.0 Å². The quantitative estimate of drug-likeness (QED) is 0.443. The van der Waals surface area contributed by atoms with E-state index >= 15 is 0 Å². The lowest BCUT2D eigenvalue weighted by Gasteiger charge is -2.02. The van der Waals surface area contributed by atoms with Crippen LogP contribution in [0, 0.1) is 0 Å². The maximum Gasteiger partial charge on any atom is 0.190 e. The SMILES string of the molecule is CSc1nc(Cl)c2c(n1)N[C@H](C)C2. The fourth-order valence-corrected chi connectivity index (χ4v) is 2.08. The summed E-state index contributed by atoms with van der Waals surface area (Å²) in [6.07, 6.45) is 2.86. The van der Waals surface area contributed by atoms with Gasteiger partial charge in [0.05, 0.1) is 0 Å². The number of thioether (sulfide) groups is 1. The van der Waals surface area contributed by atoms with E-state index in [2.05, 4.69) is 22.2 Å². The van der Waals surface area contributed by atoms with Gasteiger partial charge in [0.25, 0.3) is 0 Å². The van der Waals surface area contributed by atoms with Crippen molar-refractivity contribution in [1.82, 2.24) is 9.97 Å². The number of anilines is 1. The van der Waals surface area contributed by atoms with Crippen molar-refractivity contribution in [2.45, 2.75) is 24.5 Å². The van der Waals surface area contributed by atoms with E-state index in [9.17, 15) is 0 Å². The summed E-state index contributed by atoms with van der Waals surface area (Å²) in [5, 5.41) is 4.58. The predicted molar refractivity (Wildman–Crippen MR) is 55.6 cm³/mol. The van der Waals surface area contributed by atoms with Crippen LogP contribution < -0.4 is 5.32 Å². The van der Waals surface area contributed by atoms with Gasteiger partial charge in [0, 0.05) is 11.6 Å². The second-order valence-electron chi connectivity index (χ2n) is 3.08. The van der Waals surface area contributed by atoms with E-state index < -0.39 is 0 Å². The number of halogens is 1. The minimum Gasteiger partial charge on any atom is -0.367 e. The molecule has 1 aliphatic rings. The van der Waals surface area contributed by atoms with E-state index in [1.807, 2.05) is 6.26 Å². The lowest BCUT2D eigenvalue weighted by atomic mass is 10.2. The molecule has 5 heteroatoms. The molecule has 2 rings (SSSR count). The lowest BCUT2D eigenvalue weighted by molar-refractivity contribution is 0.837. The smallest absolute Gasteiger partial charge is 0.190 e. The second-order valence-corrected chi connectivity index (χ2v) is 4.21. The van der Waals surface area contributed by atoms with Gasteiger partial charge < -0.3 is 5.32 Å². The summed E-state index contributed by atoms with van der Waals surface area (Å²) >= 11 is 7.52. The topological polar surface area (TPSA) is 37.8 Å². The van der Waals surface area contributed by atoms with Crippen LogP contribution in [0.4, 0.5) is 5.82 Å². The first-order valence-corrected chi connectivity index (χ1v) is 5.68. The molecule has 1 N–H and O–H groups in total. The number of hydrogen-bond donors (Lipinski definition) is 1. The van der Waals surface area contributed by atoms with Crippen molar-refractivity contribution in [2.75, 3.05) is 11.6 Å². The zero-order valence-corrected chi connectivity index (χ0v) is 9.04. The minimum absolute atomic E-state index is 0.416. The Morgan fingerprint density at radius 3 is 3.00 bits per heavy atom. The fraction of sp³-hybridized carbons (Fsp3) is 0.500. The average Bonchev–Trinajstić information content (AvgIpc) is 2.46. The lowest BCUT2D eigenvalue weighted by Crippen LogP contribution is -2.09. The molecular weight excluding hydrogens is 206 g/mol. The van der Waals surface area contributed by atoms with Crippen LogP contribution in [0.15, 0.2) is 5.16 Å². The van der Waals surface area contributed by atoms with Crippen LogP contribution in [0.5, 0.6) is 0 Å². The van der Waals surface area contributed by atoms with E-state index in [1.54, 1.807) is 0 Å². The van der Waals surface area contributed by atoms with Crippen molar-refractivity contribution >= 4 is 29.2 Å². The summed E-state index contributed by atoms with van der Waals surface area (Å²) < 4.78 is 0. The van der Waals surface area contributed by atoms with Gasteiger partial charge in [-0.15, -0.1) is 0 Å². The van der Waals surface area contributed by atoms with Crippen LogP contribution >= 0.6 is 23.4 Å². The van der Waals surface area contributed by atoms with Crippen molar-refractivity contribution < 1.29 is 0 Å². The summed E-state index contributed by atoms with van der Waals surface area (Å²) in [6.45, 7) is 2.11. The van der Waals surface area contributed by atoms with Crippen LogP contribution in [0.3, 0.4) is 0 Å². The fourth-order valence-electron chi connectivity index (χ4n) is 1.42. The Bertz CT molecular complexity index is 342. The highest BCUT2D eigenvalue weighted by atomic mass is 35.5. The molecule has 1 aromatic heterocycles. The molecule has 0 fully saturated rings. The van der Waals surface area contributed by atoms with Gasteiger partial charge in [-0.2, -0.15) is 0 Å². The first-order chi connectivity index (χ1) is 6.20. The Kier molecular flexibility index (Phi) is 2.34. The van der Waals surface area contributed by atoms with Gasteiger partial charge in [-0.25, -0.2) is 9.97 Å². The van der Waals surface area contributed by atoms with Gasteiger partial charge in [-0.3, -0.25) is 0 Å². The third kappa shape index (κ3) is 1.60. The molecule has 0 bridgehead atoms. The van der Waals surface area contributed by atoms with Crippen molar-refractivity contribution in [3.05, 3.63) is 10.7 Å². The molecule has 1 atom stereocenters. The van der Waals surface area contributed by atoms with Crippen molar-refractivity contribution in [2.24, 2.45) is 0 Å². The molecule has 70 valence electrons. The van der Waals surface area contributed by atoms with Crippen molar-refractivity contribution in [3.63, 3.8) is 0 Å². The molecule has 1 aliphatic heterocycles. The van der Waals surface area contributed by atoms with Crippen LogP contribution in [0.1, 0.15) is 12.5 Å². The molecule has 3 nitrogen and oxygen atoms in total. The Morgan fingerprint density at radius 1 is 1.54 bits per heavy atom. The third-order valence-electron chi connectivity index (χ3n) is 2.01. The zero-order chi connectivity index (χ0) is 9.42. The molecule has 0 spiro atoms. The normalized spacial score (nSPS) is 19.8. The maximum absolute atomic E-state index is 6.01. The average molecular weight is 216 g/mol. The molecule has 1 aromatic rings. The largest absolute Gasteiger partial charge is 0.367 e. The number of nitrogens with zero attached hydrogens (tertiary/aromatic N) is 2. The highest BCUT2D eigenvalue weighted by molar-refractivity contribution is 7.98. The summed E-state index contributed by atoms with van der Waals surface area (Å²) in [5.74, 6) is 0.900. The highest BCUT2D eigenvalue weighted by Gasteiger charge is 2.22. The molecule has 0 aliphatic carbocycles. The highest BCUT2D eigenvalue weighted by Crippen LogP contribution is 2.30. The molecule has 2 heterocycles. The van der Waals surface area contributed by atoms with Crippen molar-refractivity contribution in [1.29, 1.82) is 0 Å². The summed E-state index contributed by atoms with van der Waals surface area (Å²) in [7, 11) is 0. The van der Waals surface area contributed by atoms with Crippen LogP contribution in [-0.4, -0.2) is 22.3 Å². The molecule has 13 heavy (non-hydrogen) atoms. The Morgan fingerprint density at radius 2 is 2.31 bits per heavy atom.